The van der Waals surface area contributed by atoms with Crippen LogP contribution in [0.1, 0.15) is 62.0 Å². The first kappa shape index (κ1) is 31.5. The summed E-state index contributed by atoms with van der Waals surface area (Å²) in [5.41, 5.74) is -7.88. The van der Waals surface area contributed by atoms with E-state index in [-0.39, 0.29) is 6.29 Å². The first-order chi connectivity index (χ1) is 19.0. The highest BCUT2D eigenvalue weighted by Gasteiger charge is 2.61. The van der Waals surface area contributed by atoms with Crippen molar-refractivity contribution in [1.82, 2.24) is 15.2 Å². The Bertz CT molecular complexity index is 1360. The summed E-state index contributed by atoms with van der Waals surface area (Å²) in [6.45, 7) is 7.34. The lowest BCUT2D eigenvalue weighted by Crippen LogP contribution is -2.45. The van der Waals surface area contributed by atoms with Crippen molar-refractivity contribution in [2.24, 2.45) is 0 Å². The molecule has 222 valence electrons. The summed E-state index contributed by atoms with van der Waals surface area (Å²) in [6, 6.07) is 0.360. The highest BCUT2D eigenvalue weighted by atomic mass is 19.4. The quantitative estimate of drug-likeness (QED) is 0.190. The Kier molecular flexibility index (Phi) is 9.11. The van der Waals surface area contributed by atoms with Crippen LogP contribution in [0, 0.1) is 0 Å². The number of hydrogen-bond acceptors (Lipinski definition) is 8. The number of halogens is 6. The van der Waals surface area contributed by atoms with Gasteiger partial charge in [-0.1, -0.05) is 24.3 Å². The Balaban J connectivity index is 2.15. The molecule has 1 amide bonds. The van der Waals surface area contributed by atoms with E-state index >= 15 is 0 Å². The first-order valence-electron chi connectivity index (χ1n) is 12.1. The predicted octanol–water partition coefficient (Wildman–Crippen LogP) is 6.94. The summed E-state index contributed by atoms with van der Waals surface area (Å²) in [7, 11) is 0. The van der Waals surface area contributed by atoms with Gasteiger partial charge in [0.2, 0.25) is 5.60 Å². The lowest BCUT2D eigenvalue weighted by molar-refractivity contribution is -0.289. The number of alkyl halides is 6. The maximum atomic E-state index is 14.5. The third kappa shape index (κ3) is 7.39. The molecule has 1 unspecified atom stereocenters. The molecule has 9 nitrogen and oxygen atoms in total. The van der Waals surface area contributed by atoms with E-state index < -0.39 is 77.1 Å². The van der Waals surface area contributed by atoms with Gasteiger partial charge in [-0.2, -0.15) is 26.3 Å². The fourth-order valence-electron chi connectivity index (χ4n) is 3.71. The first-order valence-corrected chi connectivity index (χ1v) is 12.1. The number of aldehydes is 1. The maximum absolute atomic E-state index is 14.5. The monoisotopic (exact) mass is 588 g/mol. The summed E-state index contributed by atoms with van der Waals surface area (Å²) in [5, 5.41) is 9.07. The second-order valence-corrected chi connectivity index (χ2v) is 9.84. The van der Waals surface area contributed by atoms with Gasteiger partial charge in [-0.15, -0.1) is 16.8 Å². The van der Waals surface area contributed by atoms with Gasteiger partial charge in [-0.3, -0.25) is 10.1 Å². The molecular weight excluding hydrogens is 562 g/mol. The van der Waals surface area contributed by atoms with Gasteiger partial charge in [0.05, 0.1) is 17.9 Å². The zero-order chi connectivity index (χ0) is 30.6. The van der Waals surface area contributed by atoms with Crippen LogP contribution in [0.25, 0.3) is 11.6 Å². The molecule has 1 aliphatic rings. The standard InChI is InChI=1S/C26H26F6N4O5/c1-5-11-24(26(30,31)32,39-14-15-9-7-6-8-10-15)21-36-35-20(40-21)19-17(34-22(38)41-23(2,3)4)12-16(25(27,28)29)18(13-37)33-19/h5,7,9-10,12-13H,1,6,8,11,14H2,2-4H3,(H,34,38). The van der Waals surface area contributed by atoms with E-state index in [1.807, 2.05) is 5.32 Å². The molecule has 1 atom stereocenters. The number of pyridine rings is 1. The Morgan fingerprint density at radius 1 is 1.15 bits per heavy atom. The number of allylic oxidation sites excluding steroid dienone is 2. The zero-order valence-corrected chi connectivity index (χ0v) is 22.2. The van der Waals surface area contributed by atoms with E-state index in [4.69, 9.17) is 13.9 Å². The van der Waals surface area contributed by atoms with Gasteiger partial charge in [0, 0.05) is 6.42 Å². The zero-order valence-electron chi connectivity index (χ0n) is 22.2. The van der Waals surface area contributed by atoms with Crippen LogP contribution in [-0.4, -0.2) is 45.9 Å². The summed E-state index contributed by atoms with van der Waals surface area (Å²) in [6.07, 6.45) is -5.17. The smallest absolute Gasteiger partial charge is 0.426 e. The molecule has 0 aliphatic heterocycles. The van der Waals surface area contributed by atoms with Crippen LogP contribution < -0.4 is 5.32 Å². The molecule has 3 rings (SSSR count). The number of rotatable bonds is 9. The molecule has 41 heavy (non-hydrogen) atoms. The number of aromatic nitrogens is 3. The molecule has 0 fully saturated rings. The van der Waals surface area contributed by atoms with Gasteiger partial charge in [0.1, 0.15) is 11.3 Å². The summed E-state index contributed by atoms with van der Waals surface area (Å²) < 4.78 is 100. The van der Waals surface area contributed by atoms with Crippen LogP contribution >= 0.6 is 0 Å². The third-order valence-electron chi connectivity index (χ3n) is 5.52. The van der Waals surface area contributed by atoms with Gasteiger partial charge in [-0.05, 0) is 45.3 Å². The highest BCUT2D eigenvalue weighted by Crippen LogP contribution is 2.46. The Hall–Kier alpha value is -4.01. The number of anilines is 1. The predicted molar refractivity (Wildman–Crippen MR) is 133 cm³/mol. The van der Waals surface area contributed by atoms with E-state index in [0.29, 0.717) is 18.1 Å². The maximum Gasteiger partial charge on any atom is 0.426 e. The molecule has 1 aliphatic carbocycles. The number of amides is 1. The molecule has 0 spiro atoms. The van der Waals surface area contributed by atoms with Crippen molar-refractivity contribution in [3.05, 3.63) is 59.7 Å². The minimum absolute atomic E-state index is 0.215. The molecular formula is C26H26F6N4O5. The third-order valence-corrected chi connectivity index (χ3v) is 5.52. The molecule has 0 saturated heterocycles. The van der Waals surface area contributed by atoms with Crippen LogP contribution in [0.15, 0.2) is 46.9 Å². The van der Waals surface area contributed by atoms with Crippen molar-refractivity contribution < 1.29 is 49.8 Å². The minimum Gasteiger partial charge on any atom is -0.444 e. The number of nitrogens with zero attached hydrogens (tertiary/aromatic N) is 3. The number of hydrogen-bond donors (Lipinski definition) is 1. The average molecular weight is 589 g/mol. The van der Waals surface area contributed by atoms with Crippen LogP contribution in [-0.2, 0) is 21.3 Å². The van der Waals surface area contributed by atoms with Crippen LogP contribution in [0.4, 0.5) is 36.8 Å². The second-order valence-electron chi connectivity index (χ2n) is 9.84. The normalized spacial score (nSPS) is 15.6. The van der Waals surface area contributed by atoms with Crippen molar-refractivity contribution in [3.8, 4) is 11.6 Å². The number of carbonyl (C=O) groups excluding carboxylic acids is 2. The number of nitrogens with one attached hydrogen (secondary N) is 1. The Morgan fingerprint density at radius 2 is 1.85 bits per heavy atom. The van der Waals surface area contributed by atoms with Crippen molar-refractivity contribution in [2.75, 3.05) is 11.9 Å². The van der Waals surface area contributed by atoms with Crippen LogP contribution in [0.2, 0.25) is 0 Å². The lowest BCUT2D eigenvalue weighted by Gasteiger charge is -2.32. The summed E-state index contributed by atoms with van der Waals surface area (Å²) >= 11 is 0. The fourth-order valence-corrected chi connectivity index (χ4v) is 3.71. The fraction of sp³-hybridized carbons (Fsp3) is 0.423. The largest absolute Gasteiger partial charge is 0.444 e. The molecule has 0 radical (unpaired) electrons. The Morgan fingerprint density at radius 3 is 2.39 bits per heavy atom. The minimum atomic E-state index is -5.12. The molecule has 1 N–H and O–H groups in total. The molecule has 15 heteroatoms. The van der Waals surface area contributed by atoms with Gasteiger partial charge in [0.25, 0.3) is 11.8 Å². The highest BCUT2D eigenvalue weighted by molar-refractivity contribution is 5.91. The van der Waals surface area contributed by atoms with E-state index in [9.17, 15) is 35.9 Å². The molecule has 2 heterocycles. The topological polar surface area (TPSA) is 116 Å². The Labute approximate surface area is 230 Å². The van der Waals surface area contributed by atoms with Gasteiger partial charge in [0.15, 0.2) is 12.0 Å². The van der Waals surface area contributed by atoms with Crippen molar-refractivity contribution in [3.63, 3.8) is 0 Å². The van der Waals surface area contributed by atoms with Crippen LogP contribution in [0.3, 0.4) is 0 Å². The lowest BCUT2D eigenvalue weighted by atomic mass is 9.98. The average Bonchev–Trinajstić information content (AvgIpc) is 3.35. The number of carbonyl (C=O) groups is 2. The van der Waals surface area contributed by atoms with E-state index in [0.717, 1.165) is 12.5 Å². The molecule has 0 saturated carbocycles. The number of ether oxygens (including phenoxy) is 2. The molecule has 2 aromatic rings. The van der Waals surface area contributed by atoms with E-state index in [1.54, 1.807) is 18.2 Å². The van der Waals surface area contributed by atoms with Gasteiger partial charge in [-0.25, -0.2) is 9.78 Å². The van der Waals surface area contributed by atoms with Crippen LogP contribution in [0.5, 0.6) is 0 Å². The SMILES string of the molecule is C=CCC(OCC1=CCCC=C1)(c1nnc(-c2nc(C=O)c(C(F)(F)F)cc2NC(=O)OC(C)(C)C)o1)C(F)(F)F. The second kappa shape index (κ2) is 11.8. The molecule has 0 aromatic carbocycles. The molecule has 2 aromatic heterocycles. The summed E-state index contributed by atoms with van der Waals surface area (Å²) in [4.78, 5) is 27.4. The van der Waals surface area contributed by atoms with Gasteiger partial charge >= 0.3 is 18.4 Å². The summed E-state index contributed by atoms with van der Waals surface area (Å²) in [5.74, 6) is -1.93. The van der Waals surface area contributed by atoms with E-state index in [1.165, 1.54) is 20.8 Å². The van der Waals surface area contributed by atoms with Crippen molar-refractivity contribution in [2.45, 2.75) is 63.6 Å². The molecule has 0 bridgehead atoms. The van der Waals surface area contributed by atoms with Crippen molar-refractivity contribution in [1.29, 1.82) is 0 Å². The van der Waals surface area contributed by atoms with E-state index in [2.05, 4.69) is 21.8 Å². The van der Waals surface area contributed by atoms with Gasteiger partial charge < -0.3 is 13.9 Å². The van der Waals surface area contributed by atoms with Crippen molar-refractivity contribution >= 4 is 18.1 Å².